The third-order valence-electron chi connectivity index (χ3n) is 4.76. The molecule has 0 aromatic heterocycles. The van der Waals surface area contributed by atoms with Crippen LogP contribution in [0.15, 0.2) is 81.6 Å². The lowest BCUT2D eigenvalue weighted by atomic mass is 10.1. The summed E-state index contributed by atoms with van der Waals surface area (Å²) in [7, 11) is 0. The minimum Gasteiger partial charge on any atom is -0.376 e. The molecule has 0 saturated carbocycles. The van der Waals surface area contributed by atoms with Crippen LogP contribution >= 0.6 is 11.8 Å². The number of halogens is 3. The van der Waals surface area contributed by atoms with Crippen molar-refractivity contribution < 1.29 is 18.0 Å². The van der Waals surface area contributed by atoms with Crippen LogP contribution in [0.4, 0.5) is 30.2 Å². The molecule has 0 radical (unpaired) electrons. The summed E-state index contributed by atoms with van der Waals surface area (Å²) in [5, 5.41) is 10.2. The monoisotopic (exact) mass is 456 g/mol. The molecule has 0 atom stereocenters. The van der Waals surface area contributed by atoms with E-state index in [0.717, 1.165) is 38.9 Å². The maximum Gasteiger partial charge on any atom is 0.416 e. The van der Waals surface area contributed by atoms with E-state index in [9.17, 15) is 18.0 Å². The summed E-state index contributed by atoms with van der Waals surface area (Å²) in [5.74, 6) is -0.470. The van der Waals surface area contributed by atoms with E-state index in [4.69, 9.17) is 0 Å². The third-order valence-corrected chi connectivity index (χ3v) is 5.92. The molecule has 0 spiro atoms. The average molecular weight is 456 g/mol. The van der Waals surface area contributed by atoms with Crippen molar-refractivity contribution in [1.29, 1.82) is 0 Å². The number of hydrogen-bond donors (Lipinski definition) is 3. The first kappa shape index (κ1) is 21.8. The maximum absolute atomic E-state index is 12.8. The number of anilines is 3. The highest BCUT2D eigenvalue weighted by Crippen LogP contribution is 2.44. The van der Waals surface area contributed by atoms with Crippen molar-refractivity contribution in [3.05, 3.63) is 77.9 Å². The van der Waals surface area contributed by atoms with E-state index in [2.05, 4.69) is 27.2 Å². The Labute approximate surface area is 187 Å². The Hall–Kier alpha value is -3.46. The van der Waals surface area contributed by atoms with Crippen molar-refractivity contribution >= 4 is 40.4 Å². The van der Waals surface area contributed by atoms with Crippen LogP contribution in [-0.4, -0.2) is 18.2 Å². The van der Waals surface area contributed by atoms with Crippen molar-refractivity contribution in [3.8, 4) is 0 Å². The van der Waals surface area contributed by atoms with Gasteiger partial charge in [0.2, 0.25) is 0 Å². The molecule has 5 nitrogen and oxygen atoms in total. The van der Waals surface area contributed by atoms with Gasteiger partial charge in [-0.1, -0.05) is 36.0 Å². The van der Waals surface area contributed by atoms with E-state index in [-0.39, 0.29) is 12.2 Å². The van der Waals surface area contributed by atoms with Crippen LogP contribution in [0.5, 0.6) is 0 Å². The topological polar surface area (TPSA) is 65.5 Å². The first-order chi connectivity index (χ1) is 15.3. The number of carbonyl (C=O) groups excluding carboxylic acids is 1. The van der Waals surface area contributed by atoms with Gasteiger partial charge in [-0.3, -0.25) is 4.79 Å². The van der Waals surface area contributed by atoms with Gasteiger partial charge in [0.15, 0.2) is 0 Å². The lowest BCUT2D eigenvalue weighted by Gasteiger charge is -2.21. The molecular weight excluding hydrogens is 437 g/mol. The van der Waals surface area contributed by atoms with Gasteiger partial charge < -0.3 is 10.6 Å². The highest BCUT2D eigenvalue weighted by atomic mass is 32.2. The molecule has 3 N–H and O–H groups in total. The smallest absolute Gasteiger partial charge is 0.376 e. The van der Waals surface area contributed by atoms with Crippen molar-refractivity contribution in [1.82, 2.24) is 5.43 Å². The fourth-order valence-corrected chi connectivity index (χ4v) is 4.07. The molecule has 0 saturated heterocycles. The van der Waals surface area contributed by atoms with Crippen LogP contribution in [0.3, 0.4) is 0 Å². The zero-order chi connectivity index (χ0) is 22.7. The van der Waals surface area contributed by atoms with E-state index in [1.807, 2.05) is 36.4 Å². The summed E-state index contributed by atoms with van der Waals surface area (Å²) >= 11 is 1.68. The lowest BCUT2D eigenvalue weighted by Crippen LogP contribution is -2.26. The summed E-state index contributed by atoms with van der Waals surface area (Å²) in [4.78, 5) is 14.3. The SMILES string of the molecule is CC(=NNC(=O)CNc1cccc(C(F)(F)F)c1)c1ccc2c(c1)Nc1ccccc1S2. The Balaban J connectivity index is 1.37. The Morgan fingerprint density at radius 1 is 1.00 bits per heavy atom. The number of nitrogens with one attached hydrogen (secondary N) is 3. The Kier molecular flexibility index (Phi) is 6.09. The molecule has 0 unspecified atom stereocenters. The molecule has 0 bridgehead atoms. The Morgan fingerprint density at radius 2 is 1.78 bits per heavy atom. The normalized spacial score (nSPS) is 12.9. The number of rotatable bonds is 5. The van der Waals surface area contributed by atoms with E-state index in [1.54, 1.807) is 18.7 Å². The minimum atomic E-state index is -4.44. The summed E-state index contributed by atoms with van der Waals surface area (Å²) in [6, 6.07) is 18.6. The van der Waals surface area contributed by atoms with Crippen molar-refractivity contribution in [2.24, 2.45) is 5.10 Å². The standard InChI is InChI=1S/C23H19F3N4OS/c1-14(15-9-10-21-19(11-15)28-18-7-2-3-8-20(18)32-21)29-30-22(31)13-27-17-6-4-5-16(12-17)23(24,25)26/h2-12,27-28H,13H2,1H3,(H,30,31). The van der Waals surface area contributed by atoms with Crippen molar-refractivity contribution in [2.75, 3.05) is 17.2 Å². The Morgan fingerprint density at radius 3 is 2.59 bits per heavy atom. The molecule has 0 aliphatic carbocycles. The van der Waals surface area contributed by atoms with Gasteiger partial charge in [0, 0.05) is 15.5 Å². The number of carbonyl (C=O) groups is 1. The third kappa shape index (κ3) is 5.05. The van der Waals surface area contributed by atoms with Crippen LogP contribution in [0.2, 0.25) is 0 Å². The lowest BCUT2D eigenvalue weighted by molar-refractivity contribution is -0.137. The molecule has 1 heterocycles. The predicted molar refractivity (Wildman–Crippen MR) is 121 cm³/mol. The molecule has 9 heteroatoms. The molecule has 0 fully saturated rings. The second-order valence-corrected chi connectivity index (χ2v) is 8.18. The van der Waals surface area contributed by atoms with Gasteiger partial charge in [-0.05, 0) is 55.0 Å². The molecule has 1 aliphatic rings. The summed E-state index contributed by atoms with van der Waals surface area (Å²) in [5.41, 5.74) is 5.28. The van der Waals surface area contributed by atoms with Crippen LogP contribution < -0.4 is 16.1 Å². The van der Waals surface area contributed by atoms with Gasteiger partial charge >= 0.3 is 6.18 Å². The van der Waals surface area contributed by atoms with Gasteiger partial charge in [0.05, 0.1) is 29.2 Å². The number of fused-ring (bicyclic) bond motifs is 2. The summed E-state index contributed by atoms with van der Waals surface area (Å²) in [6.07, 6.45) is -4.44. The highest BCUT2D eigenvalue weighted by Gasteiger charge is 2.30. The first-order valence-corrected chi connectivity index (χ1v) is 10.5. The number of para-hydroxylation sites is 1. The van der Waals surface area contributed by atoms with Gasteiger partial charge in [0.25, 0.3) is 5.91 Å². The van der Waals surface area contributed by atoms with Gasteiger partial charge in [-0.2, -0.15) is 18.3 Å². The fraction of sp³-hybridized carbons (Fsp3) is 0.130. The molecule has 3 aromatic carbocycles. The molecule has 4 rings (SSSR count). The number of nitrogens with zero attached hydrogens (tertiary/aromatic N) is 1. The largest absolute Gasteiger partial charge is 0.416 e. The van der Waals surface area contributed by atoms with Crippen LogP contribution in [-0.2, 0) is 11.0 Å². The number of amides is 1. The zero-order valence-corrected chi connectivity index (χ0v) is 17.8. The van der Waals surface area contributed by atoms with Gasteiger partial charge in [-0.25, -0.2) is 5.43 Å². The quantitative estimate of drug-likeness (QED) is 0.260. The highest BCUT2D eigenvalue weighted by molar-refractivity contribution is 7.99. The summed E-state index contributed by atoms with van der Waals surface area (Å²) < 4.78 is 38.4. The predicted octanol–water partition coefficient (Wildman–Crippen LogP) is 5.87. The molecule has 1 amide bonds. The second-order valence-electron chi connectivity index (χ2n) is 7.10. The number of benzene rings is 3. The molecule has 1 aliphatic heterocycles. The summed E-state index contributed by atoms with van der Waals surface area (Å²) in [6.45, 7) is 1.56. The molecule has 164 valence electrons. The van der Waals surface area contributed by atoms with Crippen LogP contribution in [0, 0.1) is 0 Å². The average Bonchev–Trinajstić information content (AvgIpc) is 2.79. The zero-order valence-electron chi connectivity index (χ0n) is 17.0. The van der Waals surface area contributed by atoms with Crippen LogP contribution in [0.25, 0.3) is 0 Å². The van der Waals surface area contributed by atoms with Crippen LogP contribution in [0.1, 0.15) is 18.1 Å². The number of hydrazone groups is 1. The van der Waals surface area contributed by atoms with Crippen molar-refractivity contribution in [2.45, 2.75) is 22.9 Å². The van der Waals surface area contributed by atoms with E-state index < -0.39 is 17.6 Å². The Bertz CT molecular complexity index is 1190. The van der Waals surface area contributed by atoms with E-state index >= 15 is 0 Å². The van der Waals surface area contributed by atoms with Gasteiger partial charge in [-0.15, -0.1) is 0 Å². The van der Waals surface area contributed by atoms with E-state index in [1.165, 1.54) is 12.1 Å². The first-order valence-electron chi connectivity index (χ1n) is 9.72. The maximum atomic E-state index is 12.8. The molecule has 32 heavy (non-hydrogen) atoms. The number of hydrogen-bond acceptors (Lipinski definition) is 5. The minimum absolute atomic E-state index is 0.203. The molecule has 3 aromatic rings. The van der Waals surface area contributed by atoms with Crippen molar-refractivity contribution in [3.63, 3.8) is 0 Å². The molecular formula is C23H19F3N4OS. The second kappa shape index (κ2) is 8.96. The van der Waals surface area contributed by atoms with Gasteiger partial charge in [0.1, 0.15) is 0 Å². The van der Waals surface area contributed by atoms with E-state index in [0.29, 0.717) is 5.71 Å². The number of alkyl halides is 3. The fourth-order valence-electron chi connectivity index (χ4n) is 3.10.